The van der Waals surface area contributed by atoms with Crippen molar-refractivity contribution in [1.29, 1.82) is 0 Å². The van der Waals surface area contributed by atoms with Crippen molar-refractivity contribution in [3.63, 3.8) is 0 Å². The van der Waals surface area contributed by atoms with Gasteiger partial charge in [-0.15, -0.1) is 0 Å². The maximum atomic E-state index is 11.8. The number of nitrogens with one attached hydrogen (secondary N) is 1. The van der Waals surface area contributed by atoms with Crippen LogP contribution in [0.15, 0.2) is 18.2 Å². The number of rotatable bonds is 3. The molecule has 0 bridgehead atoms. The summed E-state index contributed by atoms with van der Waals surface area (Å²) in [5.74, 6) is 1.52. The molecule has 7 heteroatoms. The summed E-state index contributed by atoms with van der Waals surface area (Å²) < 4.78 is 11.1. The molecule has 0 aliphatic carbocycles. The van der Waals surface area contributed by atoms with Gasteiger partial charge in [0.2, 0.25) is 12.7 Å². The third kappa shape index (κ3) is 3.74. The van der Waals surface area contributed by atoms with E-state index >= 15 is 0 Å². The van der Waals surface area contributed by atoms with Gasteiger partial charge >= 0.3 is 0 Å². The molecule has 1 aliphatic rings. The lowest BCUT2D eigenvalue weighted by atomic mass is 10.3. The molecule has 19 heavy (non-hydrogen) atoms. The fraction of sp³-hybridized carbons (Fsp3) is 0.333. The molecule has 0 atom stereocenters. The Balaban J connectivity index is 1.87. The minimum Gasteiger partial charge on any atom is -0.454 e. The van der Waals surface area contributed by atoms with E-state index in [1.807, 2.05) is 14.1 Å². The molecule has 2 rings (SSSR count). The van der Waals surface area contributed by atoms with Gasteiger partial charge in [0.1, 0.15) is 4.32 Å². The Morgan fingerprint density at radius 1 is 1.42 bits per heavy atom. The molecule has 1 aromatic rings. The molecule has 1 aromatic carbocycles. The molecule has 102 valence electrons. The number of ether oxygens (including phenoxy) is 2. The van der Waals surface area contributed by atoms with Crippen LogP contribution < -0.4 is 14.8 Å². The summed E-state index contributed by atoms with van der Waals surface area (Å²) in [6, 6.07) is 5.30. The number of benzene rings is 1. The highest BCUT2D eigenvalue weighted by Gasteiger charge is 2.14. The quantitative estimate of drug-likeness (QED) is 0.861. The van der Waals surface area contributed by atoms with Crippen molar-refractivity contribution in [3.8, 4) is 11.5 Å². The van der Waals surface area contributed by atoms with Gasteiger partial charge in [-0.1, -0.05) is 24.0 Å². The molecular weight excluding hydrogens is 284 g/mol. The number of hydrogen-bond acceptors (Lipinski definition) is 5. The maximum Gasteiger partial charge on any atom is 0.234 e. The van der Waals surface area contributed by atoms with E-state index in [9.17, 15) is 4.79 Å². The smallest absolute Gasteiger partial charge is 0.234 e. The van der Waals surface area contributed by atoms with Crippen molar-refractivity contribution in [2.75, 3.05) is 32.0 Å². The fourth-order valence-electron chi connectivity index (χ4n) is 1.43. The van der Waals surface area contributed by atoms with E-state index in [4.69, 9.17) is 21.7 Å². The van der Waals surface area contributed by atoms with Crippen LogP contribution in [0.25, 0.3) is 0 Å². The Kier molecular flexibility index (Phi) is 4.49. The minimum absolute atomic E-state index is 0.104. The molecule has 0 spiro atoms. The number of carbonyl (C=O) groups excluding carboxylic acids is 1. The number of amides is 1. The van der Waals surface area contributed by atoms with E-state index in [2.05, 4.69) is 5.32 Å². The molecule has 5 nitrogen and oxygen atoms in total. The zero-order valence-corrected chi connectivity index (χ0v) is 12.3. The predicted molar refractivity (Wildman–Crippen MR) is 79.9 cm³/mol. The molecule has 0 radical (unpaired) electrons. The summed E-state index contributed by atoms with van der Waals surface area (Å²) in [5.41, 5.74) is 0.686. The highest BCUT2D eigenvalue weighted by molar-refractivity contribution is 8.23. The molecule has 0 saturated carbocycles. The number of thiocarbonyl (C=S) groups is 1. The fourth-order valence-corrected chi connectivity index (χ4v) is 2.19. The van der Waals surface area contributed by atoms with Crippen molar-refractivity contribution >= 4 is 39.9 Å². The van der Waals surface area contributed by atoms with E-state index in [0.717, 1.165) is 0 Å². The van der Waals surface area contributed by atoms with Crippen molar-refractivity contribution in [2.45, 2.75) is 0 Å². The first kappa shape index (κ1) is 14.0. The molecule has 1 heterocycles. The monoisotopic (exact) mass is 298 g/mol. The van der Waals surface area contributed by atoms with Gasteiger partial charge in [0, 0.05) is 25.8 Å². The summed E-state index contributed by atoms with van der Waals surface area (Å²) >= 11 is 6.42. The van der Waals surface area contributed by atoms with Crippen molar-refractivity contribution < 1.29 is 14.3 Å². The average Bonchev–Trinajstić information content (AvgIpc) is 2.83. The number of carbonyl (C=O) groups is 1. The Morgan fingerprint density at radius 3 is 2.89 bits per heavy atom. The largest absolute Gasteiger partial charge is 0.454 e. The molecule has 0 saturated heterocycles. The van der Waals surface area contributed by atoms with Gasteiger partial charge in [-0.2, -0.15) is 0 Å². The van der Waals surface area contributed by atoms with E-state index in [1.165, 1.54) is 11.8 Å². The van der Waals surface area contributed by atoms with E-state index in [-0.39, 0.29) is 18.5 Å². The summed E-state index contributed by atoms with van der Waals surface area (Å²) in [6.07, 6.45) is 0. The standard InChI is InChI=1S/C12H14N2O3S2/c1-14(2)12(18)19-6-11(15)13-8-3-4-9-10(5-8)17-7-16-9/h3-5H,6-7H2,1-2H3,(H,13,15). The molecule has 0 aromatic heterocycles. The van der Waals surface area contributed by atoms with E-state index < -0.39 is 0 Å². The molecule has 1 aliphatic heterocycles. The van der Waals surface area contributed by atoms with Crippen LogP contribution in [0.4, 0.5) is 5.69 Å². The van der Waals surface area contributed by atoms with Gasteiger partial charge in [0.15, 0.2) is 11.5 Å². The van der Waals surface area contributed by atoms with Crippen molar-refractivity contribution in [2.24, 2.45) is 0 Å². The highest BCUT2D eigenvalue weighted by Crippen LogP contribution is 2.34. The Morgan fingerprint density at radius 2 is 2.16 bits per heavy atom. The first-order chi connectivity index (χ1) is 9.06. The second kappa shape index (κ2) is 6.12. The van der Waals surface area contributed by atoms with Crippen LogP contribution in [0.5, 0.6) is 11.5 Å². The van der Waals surface area contributed by atoms with E-state index in [1.54, 1.807) is 23.1 Å². The Labute approximate surface area is 121 Å². The number of fused-ring (bicyclic) bond motifs is 1. The zero-order chi connectivity index (χ0) is 13.8. The zero-order valence-electron chi connectivity index (χ0n) is 10.6. The van der Waals surface area contributed by atoms with Crippen LogP contribution >= 0.6 is 24.0 Å². The minimum atomic E-state index is -0.104. The molecular formula is C12H14N2O3S2. The Bertz CT molecular complexity index is 506. The molecule has 1 N–H and O–H groups in total. The maximum absolute atomic E-state index is 11.8. The summed E-state index contributed by atoms with van der Waals surface area (Å²) in [5, 5.41) is 2.79. The number of hydrogen-bond donors (Lipinski definition) is 1. The number of nitrogens with zero attached hydrogens (tertiary/aromatic N) is 1. The molecule has 0 fully saturated rings. The number of thioether (sulfide) groups is 1. The van der Waals surface area contributed by atoms with Gasteiger partial charge in [0.05, 0.1) is 5.75 Å². The molecule has 1 amide bonds. The van der Waals surface area contributed by atoms with Gasteiger partial charge < -0.3 is 19.7 Å². The lowest BCUT2D eigenvalue weighted by Crippen LogP contribution is -2.20. The summed E-state index contributed by atoms with van der Waals surface area (Å²) in [4.78, 5) is 13.6. The van der Waals surface area contributed by atoms with Gasteiger partial charge in [-0.3, -0.25) is 4.79 Å². The van der Waals surface area contributed by atoms with Gasteiger partial charge in [0.25, 0.3) is 0 Å². The third-order valence-corrected chi connectivity index (χ3v) is 4.09. The first-order valence-electron chi connectivity index (χ1n) is 5.60. The van der Waals surface area contributed by atoms with Crippen LogP contribution in [-0.4, -0.2) is 41.8 Å². The van der Waals surface area contributed by atoms with Crippen LogP contribution in [0.3, 0.4) is 0 Å². The highest BCUT2D eigenvalue weighted by atomic mass is 32.2. The van der Waals surface area contributed by atoms with Crippen molar-refractivity contribution in [3.05, 3.63) is 18.2 Å². The van der Waals surface area contributed by atoms with Gasteiger partial charge in [-0.05, 0) is 12.1 Å². The predicted octanol–water partition coefficient (Wildman–Crippen LogP) is 1.93. The second-order valence-corrected chi connectivity index (χ2v) is 5.67. The lowest BCUT2D eigenvalue weighted by Gasteiger charge is -2.12. The van der Waals surface area contributed by atoms with Crippen LogP contribution in [0.2, 0.25) is 0 Å². The van der Waals surface area contributed by atoms with Crippen LogP contribution in [0, 0.1) is 0 Å². The average molecular weight is 298 g/mol. The third-order valence-electron chi connectivity index (χ3n) is 2.35. The summed E-state index contributed by atoms with van der Waals surface area (Å²) in [6.45, 7) is 0.222. The normalized spacial score (nSPS) is 12.1. The number of anilines is 1. The lowest BCUT2D eigenvalue weighted by molar-refractivity contribution is -0.113. The van der Waals surface area contributed by atoms with Crippen LogP contribution in [0.1, 0.15) is 0 Å². The summed E-state index contributed by atoms with van der Waals surface area (Å²) in [7, 11) is 3.70. The van der Waals surface area contributed by atoms with Crippen molar-refractivity contribution in [1.82, 2.24) is 4.90 Å². The first-order valence-corrected chi connectivity index (χ1v) is 6.99. The molecule has 0 unspecified atom stereocenters. The second-order valence-electron chi connectivity index (χ2n) is 4.07. The Hall–Kier alpha value is -1.47. The SMILES string of the molecule is CN(C)C(=S)SCC(=O)Nc1ccc2c(c1)OCO2. The van der Waals surface area contributed by atoms with Crippen LogP contribution in [-0.2, 0) is 4.79 Å². The van der Waals surface area contributed by atoms with Gasteiger partial charge in [-0.25, -0.2) is 0 Å². The topological polar surface area (TPSA) is 50.8 Å². The van der Waals surface area contributed by atoms with E-state index in [0.29, 0.717) is 21.5 Å².